The summed E-state index contributed by atoms with van der Waals surface area (Å²) in [6.45, 7) is 5.63. The zero-order valence-corrected chi connectivity index (χ0v) is 10.5. The third kappa shape index (κ3) is 2.03. The Bertz CT molecular complexity index is 261. The average Bonchev–Trinajstić information content (AvgIpc) is 2.67. The summed E-state index contributed by atoms with van der Waals surface area (Å²) >= 11 is 0. The number of hydrogen-bond donors (Lipinski definition) is 1. The van der Waals surface area contributed by atoms with Crippen molar-refractivity contribution in [3.05, 3.63) is 0 Å². The van der Waals surface area contributed by atoms with E-state index in [9.17, 15) is 4.79 Å². The molecule has 0 radical (unpaired) electrons. The van der Waals surface area contributed by atoms with Crippen LogP contribution in [0.3, 0.4) is 0 Å². The number of piperazine rings is 1. The van der Waals surface area contributed by atoms with Crippen molar-refractivity contribution in [2.75, 3.05) is 33.2 Å². The van der Waals surface area contributed by atoms with Gasteiger partial charge in [-0.15, -0.1) is 0 Å². The summed E-state index contributed by atoms with van der Waals surface area (Å²) in [5, 5.41) is 2.95. The van der Waals surface area contributed by atoms with Gasteiger partial charge in [0.05, 0.1) is 5.54 Å². The van der Waals surface area contributed by atoms with Gasteiger partial charge in [0.15, 0.2) is 0 Å². The van der Waals surface area contributed by atoms with Gasteiger partial charge in [0.2, 0.25) is 0 Å². The number of urea groups is 1. The van der Waals surface area contributed by atoms with Gasteiger partial charge in [0, 0.05) is 26.2 Å². The Labute approximate surface area is 98.0 Å². The highest BCUT2D eigenvalue weighted by molar-refractivity contribution is 5.75. The van der Waals surface area contributed by atoms with E-state index in [1.54, 1.807) is 0 Å². The van der Waals surface area contributed by atoms with Crippen molar-refractivity contribution < 1.29 is 4.79 Å². The van der Waals surface area contributed by atoms with Crippen LogP contribution in [0.25, 0.3) is 0 Å². The molecule has 92 valence electrons. The second-order valence-electron chi connectivity index (χ2n) is 5.16. The van der Waals surface area contributed by atoms with E-state index < -0.39 is 0 Å². The lowest BCUT2D eigenvalue weighted by atomic mass is 9.92. The normalized spacial score (nSPS) is 25.0. The fourth-order valence-electron chi connectivity index (χ4n) is 3.20. The Balaban J connectivity index is 2.12. The van der Waals surface area contributed by atoms with Crippen LogP contribution in [-0.2, 0) is 0 Å². The van der Waals surface area contributed by atoms with Gasteiger partial charge >= 0.3 is 6.03 Å². The van der Waals surface area contributed by atoms with Gasteiger partial charge in [-0.3, -0.25) is 0 Å². The lowest BCUT2D eigenvalue weighted by Gasteiger charge is -2.48. The molecule has 1 heterocycles. The summed E-state index contributed by atoms with van der Waals surface area (Å²) in [6, 6.07) is 0.137. The summed E-state index contributed by atoms with van der Waals surface area (Å²) < 4.78 is 0. The predicted molar refractivity (Wildman–Crippen MR) is 64.5 cm³/mol. The number of carbonyl (C=O) groups excluding carboxylic acids is 1. The molecule has 0 bridgehead atoms. The number of nitrogens with zero attached hydrogens (tertiary/aromatic N) is 2. The molecule has 0 atom stereocenters. The molecule has 1 spiro atoms. The molecule has 0 unspecified atom stereocenters. The molecule has 1 N–H and O–H groups in total. The lowest BCUT2D eigenvalue weighted by Crippen LogP contribution is -2.63. The molecule has 2 rings (SSSR count). The summed E-state index contributed by atoms with van der Waals surface area (Å²) in [7, 11) is 2.16. The minimum atomic E-state index is 0.131. The van der Waals surface area contributed by atoms with Crippen LogP contribution in [0.2, 0.25) is 0 Å². The van der Waals surface area contributed by atoms with Crippen LogP contribution in [0, 0.1) is 0 Å². The fourth-order valence-corrected chi connectivity index (χ4v) is 3.20. The average molecular weight is 225 g/mol. The molecule has 4 nitrogen and oxygen atoms in total. The van der Waals surface area contributed by atoms with Crippen LogP contribution in [0.15, 0.2) is 0 Å². The number of carbonyl (C=O) groups is 1. The summed E-state index contributed by atoms with van der Waals surface area (Å²) in [5.41, 5.74) is 0.131. The maximum absolute atomic E-state index is 12.1. The van der Waals surface area contributed by atoms with Gasteiger partial charge in [0.25, 0.3) is 0 Å². The number of likely N-dealkylation sites (N-methyl/N-ethyl adjacent to an activating group) is 1. The van der Waals surface area contributed by atoms with Crippen LogP contribution in [0.4, 0.5) is 4.79 Å². The molecule has 2 amide bonds. The number of nitrogens with one attached hydrogen (secondary N) is 1. The van der Waals surface area contributed by atoms with E-state index in [-0.39, 0.29) is 11.6 Å². The van der Waals surface area contributed by atoms with Crippen molar-refractivity contribution in [2.24, 2.45) is 0 Å². The second kappa shape index (κ2) is 4.62. The van der Waals surface area contributed by atoms with Crippen molar-refractivity contribution in [1.82, 2.24) is 15.1 Å². The molecule has 2 aliphatic rings. The van der Waals surface area contributed by atoms with Crippen LogP contribution in [0.5, 0.6) is 0 Å². The Morgan fingerprint density at radius 2 is 2.00 bits per heavy atom. The molecule has 16 heavy (non-hydrogen) atoms. The predicted octanol–water partition coefficient (Wildman–Crippen LogP) is 1.28. The molecule has 1 aliphatic carbocycles. The lowest BCUT2D eigenvalue weighted by molar-refractivity contribution is 0.0398. The first-order chi connectivity index (χ1) is 7.68. The molecule has 4 heteroatoms. The third-order valence-electron chi connectivity index (χ3n) is 3.95. The number of rotatable bonds is 1. The van der Waals surface area contributed by atoms with E-state index in [2.05, 4.69) is 22.2 Å². The minimum absolute atomic E-state index is 0.131. The third-order valence-corrected chi connectivity index (χ3v) is 3.95. The summed E-state index contributed by atoms with van der Waals surface area (Å²) in [6.07, 6.45) is 4.89. The standard InChI is InChI=1S/C12H23N3O/c1-3-13-11(16)15-9-8-14(2)10-12(15)6-4-5-7-12/h3-10H2,1-2H3,(H,13,16). The van der Waals surface area contributed by atoms with E-state index >= 15 is 0 Å². The Kier molecular flexibility index (Phi) is 3.38. The van der Waals surface area contributed by atoms with Crippen molar-refractivity contribution in [3.8, 4) is 0 Å². The van der Waals surface area contributed by atoms with Gasteiger partial charge in [0.1, 0.15) is 0 Å². The molecule has 0 aromatic heterocycles. The SMILES string of the molecule is CCNC(=O)N1CCN(C)CC12CCCC2. The Hall–Kier alpha value is -0.770. The highest BCUT2D eigenvalue weighted by atomic mass is 16.2. The van der Waals surface area contributed by atoms with Crippen LogP contribution < -0.4 is 5.32 Å². The number of hydrogen-bond acceptors (Lipinski definition) is 2. The van der Waals surface area contributed by atoms with Crippen LogP contribution >= 0.6 is 0 Å². The highest BCUT2D eigenvalue weighted by Gasteiger charge is 2.44. The van der Waals surface area contributed by atoms with Gasteiger partial charge in [-0.25, -0.2) is 4.79 Å². The van der Waals surface area contributed by atoms with Crippen LogP contribution in [-0.4, -0.2) is 54.6 Å². The maximum atomic E-state index is 12.1. The van der Waals surface area contributed by atoms with Crippen LogP contribution in [0.1, 0.15) is 32.6 Å². The highest BCUT2D eigenvalue weighted by Crippen LogP contribution is 2.37. The Morgan fingerprint density at radius 3 is 2.62 bits per heavy atom. The quantitative estimate of drug-likeness (QED) is 0.729. The zero-order chi connectivity index (χ0) is 11.6. The molecule has 2 fully saturated rings. The zero-order valence-electron chi connectivity index (χ0n) is 10.5. The second-order valence-corrected chi connectivity index (χ2v) is 5.16. The maximum Gasteiger partial charge on any atom is 0.317 e. The van der Waals surface area contributed by atoms with Crippen molar-refractivity contribution in [2.45, 2.75) is 38.1 Å². The smallest absolute Gasteiger partial charge is 0.317 e. The fraction of sp³-hybridized carbons (Fsp3) is 0.917. The number of amides is 2. The molecule has 0 aromatic carbocycles. The minimum Gasteiger partial charge on any atom is -0.338 e. The van der Waals surface area contributed by atoms with Gasteiger partial charge < -0.3 is 15.1 Å². The topological polar surface area (TPSA) is 35.6 Å². The molecule has 1 aliphatic heterocycles. The first-order valence-corrected chi connectivity index (χ1v) is 6.42. The van der Waals surface area contributed by atoms with Crippen molar-refractivity contribution in [1.29, 1.82) is 0 Å². The van der Waals surface area contributed by atoms with Crippen molar-refractivity contribution in [3.63, 3.8) is 0 Å². The summed E-state index contributed by atoms with van der Waals surface area (Å²) in [4.78, 5) is 16.5. The van der Waals surface area contributed by atoms with E-state index in [4.69, 9.17) is 0 Å². The van der Waals surface area contributed by atoms with E-state index in [0.29, 0.717) is 0 Å². The molecular weight excluding hydrogens is 202 g/mol. The van der Waals surface area contributed by atoms with E-state index in [0.717, 1.165) is 26.2 Å². The van der Waals surface area contributed by atoms with E-state index in [1.165, 1.54) is 25.7 Å². The van der Waals surface area contributed by atoms with Gasteiger partial charge in [-0.2, -0.15) is 0 Å². The molecule has 1 saturated heterocycles. The monoisotopic (exact) mass is 225 g/mol. The molecular formula is C12H23N3O. The largest absolute Gasteiger partial charge is 0.338 e. The van der Waals surface area contributed by atoms with E-state index in [1.807, 2.05) is 6.92 Å². The molecule has 1 saturated carbocycles. The Morgan fingerprint density at radius 1 is 1.31 bits per heavy atom. The van der Waals surface area contributed by atoms with Gasteiger partial charge in [-0.05, 0) is 26.8 Å². The summed E-state index contributed by atoms with van der Waals surface area (Å²) in [5.74, 6) is 0. The van der Waals surface area contributed by atoms with Gasteiger partial charge in [-0.1, -0.05) is 12.8 Å². The first kappa shape index (κ1) is 11.7. The molecule has 0 aromatic rings. The first-order valence-electron chi connectivity index (χ1n) is 6.42. The van der Waals surface area contributed by atoms with Crippen molar-refractivity contribution >= 4 is 6.03 Å².